The van der Waals surface area contributed by atoms with Gasteiger partial charge in [0.1, 0.15) is 34.5 Å². The predicted octanol–water partition coefficient (Wildman–Crippen LogP) is 3.48. The van der Waals surface area contributed by atoms with E-state index in [-0.39, 0.29) is 23.4 Å². The summed E-state index contributed by atoms with van der Waals surface area (Å²) in [5.41, 5.74) is 0.955. The van der Waals surface area contributed by atoms with Gasteiger partial charge < -0.3 is 14.2 Å². The number of Topliss-reactive ketones (excluding diaryl/α,β-unsaturated/α-hetero) is 1. The molecule has 0 unspecified atom stereocenters. The molecule has 0 bridgehead atoms. The summed E-state index contributed by atoms with van der Waals surface area (Å²) in [6.45, 7) is 7.75. The fraction of sp³-hybridized carbons (Fsp3) is 0.471. The molecule has 0 aliphatic carbocycles. The molecule has 4 nitrogen and oxygen atoms in total. The average molecular weight is 288 g/mol. The van der Waals surface area contributed by atoms with E-state index in [0.717, 1.165) is 5.56 Å². The first kappa shape index (κ1) is 14.0. The van der Waals surface area contributed by atoms with Gasteiger partial charge in [-0.05, 0) is 32.9 Å². The highest BCUT2D eigenvalue weighted by Gasteiger charge is 2.38. The second-order valence-corrected chi connectivity index (χ2v) is 6.21. The monoisotopic (exact) mass is 288 g/mol. The lowest BCUT2D eigenvalue weighted by Crippen LogP contribution is -2.35. The summed E-state index contributed by atoms with van der Waals surface area (Å²) in [5, 5.41) is 0. The Morgan fingerprint density at radius 1 is 1.29 bits per heavy atom. The van der Waals surface area contributed by atoms with E-state index in [2.05, 4.69) is 0 Å². The summed E-state index contributed by atoms with van der Waals surface area (Å²) in [7, 11) is 1.56. The molecule has 3 rings (SSSR count). The number of fused-ring (bicyclic) bond motifs is 3. The number of ketones is 1. The van der Waals surface area contributed by atoms with Gasteiger partial charge >= 0.3 is 0 Å². The van der Waals surface area contributed by atoms with Gasteiger partial charge in [-0.2, -0.15) is 0 Å². The van der Waals surface area contributed by atoms with Crippen LogP contribution in [0.1, 0.15) is 43.6 Å². The Bertz CT molecular complexity index is 643. The zero-order valence-corrected chi connectivity index (χ0v) is 13.0. The molecule has 1 aromatic carbocycles. The Morgan fingerprint density at radius 3 is 2.67 bits per heavy atom. The third-order valence-corrected chi connectivity index (χ3v) is 4.16. The maximum atomic E-state index is 12.6. The number of ether oxygens (including phenoxy) is 3. The third kappa shape index (κ3) is 2.09. The highest BCUT2D eigenvalue weighted by Crippen LogP contribution is 2.47. The van der Waals surface area contributed by atoms with Crippen molar-refractivity contribution in [1.29, 1.82) is 0 Å². The fourth-order valence-corrected chi connectivity index (χ4v) is 2.72. The van der Waals surface area contributed by atoms with Crippen LogP contribution in [0.2, 0.25) is 0 Å². The standard InChI is InChI=1S/C17H20O4/c1-9-10(2)20-16-11-6-7-17(3,4)21-12(11)8-13(19-5)14(16)15(9)18/h6-10H,1-5H3/t9-,10+/m0/s1. The van der Waals surface area contributed by atoms with Gasteiger partial charge in [-0.3, -0.25) is 4.79 Å². The molecule has 0 spiro atoms. The summed E-state index contributed by atoms with van der Waals surface area (Å²) in [6, 6.07) is 1.78. The van der Waals surface area contributed by atoms with Crippen LogP contribution in [0.5, 0.6) is 17.2 Å². The Hall–Kier alpha value is -1.97. The number of hydrogen-bond donors (Lipinski definition) is 0. The van der Waals surface area contributed by atoms with E-state index in [1.165, 1.54) is 0 Å². The third-order valence-electron chi connectivity index (χ3n) is 4.16. The quantitative estimate of drug-likeness (QED) is 0.793. The molecule has 0 radical (unpaired) electrons. The lowest BCUT2D eigenvalue weighted by molar-refractivity contribution is 0.0720. The van der Waals surface area contributed by atoms with Gasteiger partial charge in [-0.25, -0.2) is 0 Å². The molecule has 0 fully saturated rings. The zero-order valence-electron chi connectivity index (χ0n) is 13.0. The highest BCUT2D eigenvalue weighted by molar-refractivity contribution is 6.05. The predicted molar refractivity (Wildman–Crippen MR) is 80.3 cm³/mol. The van der Waals surface area contributed by atoms with Gasteiger partial charge in [0.05, 0.1) is 18.6 Å². The van der Waals surface area contributed by atoms with Gasteiger partial charge in [-0.15, -0.1) is 0 Å². The number of benzene rings is 1. The summed E-state index contributed by atoms with van der Waals surface area (Å²) in [4.78, 5) is 12.6. The zero-order chi connectivity index (χ0) is 15.4. The molecule has 0 amide bonds. The molecule has 0 saturated carbocycles. The Kier molecular flexibility index (Phi) is 3.01. The van der Waals surface area contributed by atoms with Gasteiger partial charge in [0.25, 0.3) is 0 Å². The molecule has 2 aliphatic rings. The van der Waals surface area contributed by atoms with Crippen LogP contribution in [0, 0.1) is 5.92 Å². The van der Waals surface area contributed by atoms with Crippen molar-refractivity contribution >= 4 is 11.9 Å². The van der Waals surface area contributed by atoms with Crippen LogP contribution in [0.25, 0.3) is 6.08 Å². The second kappa shape index (κ2) is 4.52. The van der Waals surface area contributed by atoms with Crippen molar-refractivity contribution < 1.29 is 19.0 Å². The number of carbonyl (C=O) groups excluding carboxylic acids is 1. The minimum absolute atomic E-state index is 0.0571. The van der Waals surface area contributed by atoms with Crippen LogP contribution in [0.4, 0.5) is 0 Å². The van der Waals surface area contributed by atoms with Crippen molar-refractivity contribution in [2.24, 2.45) is 5.92 Å². The van der Waals surface area contributed by atoms with Crippen LogP contribution in [-0.4, -0.2) is 24.6 Å². The van der Waals surface area contributed by atoms with Gasteiger partial charge in [0.2, 0.25) is 0 Å². The van der Waals surface area contributed by atoms with Gasteiger partial charge in [0, 0.05) is 6.07 Å². The maximum Gasteiger partial charge on any atom is 0.176 e. The van der Waals surface area contributed by atoms with Crippen molar-refractivity contribution in [3.63, 3.8) is 0 Å². The van der Waals surface area contributed by atoms with Crippen LogP contribution < -0.4 is 14.2 Å². The normalized spacial score (nSPS) is 25.5. The van der Waals surface area contributed by atoms with E-state index in [9.17, 15) is 4.79 Å². The molecule has 2 atom stereocenters. The molecule has 4 heteroatoms. The van der Waals surface area contributed by atoms with Crippen LogP contribution in [0.3, 0.4) is 0 Å². The highest BCUT2D eigenvalue weighted by atomic mass is 16.5. The molecule has 112 valence electrons. The minimum atomic E-state index is -0.385. The first-order chi connectivity index (χ1) is 9.84. The van der Waals surface area contributed by atoms with Gasteiger partial charge in [0.15, 0.2) is 5.78 Å². The van der Waals surface area contributed by atoms with E-state index >= 15 is 0 Å². The van der Waals surface area contributed by atoms with Crippen molar-refractivity contribution in [2.45, 2.75) is 39.4 Å². The Morgan fingerprint density at radius 2 is 2.00 bits per heavy atom. The largest absolute Gasteiger partial charge is 0.496 e. The molecular formula is C17H20O4. The van der Waals surface area contributed by atoms with Crippen molar-refractivity contribution in [3.8, 4) is 17.2 Å². The lowest BCUT2D eigenvalue weighted by atomic mass is 9.88. The van der Waals surface area contributed by atoms with Crippen molar-refractivity contribution in [2.75, 3.05) is 7.11 Å². The molecule has 21 heavy (non-hydrogen) atoms. The SMILES string of the molecule is COc1cc2c(c3c1C(=O)[C@@H](C)[C@@H](C)O3)C=CC(C)(C)O2. The van der Waals surface area contributed by atoms with E-state index in [0.29, 0.717) is 22.8 Å². The number of carbonyl (C=O) groups is 1. The van der Waals surface area contributed by atoms with E-state index in [1.54, 1.807) is 13.2 Å². The number of hydrogen-bond acceptors (Lipinski definition) is 4. The Labute approximate surface area is 124 Å². The molecule has 0 saturated heterocycles. The molecule has 0 aromatic heterocycles. The van der Waals surface area contributed by atoms with Crippen molar-refractivity contribution in [3.05, 3.63) is 23.3 Å². The molecule has 2 aliphatic heterocycles. The average Bonchev–Trinajstić information content (AvgIpc) is 2.42. The molecular weight excluding hydrogens is 268 g/mol. The van der Waals surface area contributed by atoms with E-state index in [1.807, 2.05) is 39.8 Å². The number of rotatable bonds is 1. The van der Waals surface area contributed by atoms with Crippen molar-refractivity contribution in [1.82, 2.24) is 0 Å². The summed E-state index contributed by atoms with van der Waals surface area (Å²) in [5.74, 6) is 1.65. The number of methoxy groups -OCH3 is 1. The van der Waals surface area contributed by atoms with Crippen LogP contribution in [0.15, 0.2) is 12.1 Å². The van der Waals surface area contributed by atoms with Gasteiger partial charge in [-0.1, -0.05) is 6.92 Å². The molecule has 1 aromatic rings. The first-order valence-electron chi connectivity index (χ1n) is 7.18. The fourth-order valence-electron chi connectivity index (χ4n) is 2.72. The summed E-state index contributed by atoms with van der Waals surface area (Å²) < 4.78 is 17.4. The first-order valence-corrected chi connectivity index (χ1v) is 7.18. The minimum Gasteiger partial charge on any atom is -0.496 e. The Balaban J connectivity index is 2.24. The second-order valence-electron chi connectivity index (χ2n) is 6.21. The maximum absolute atomic E-state index is 12.6. The molecule has 0 N–H and O–H groups in total. The van der Waals surface area contributed by atoms with Crippen LogP contribution in [-0.2, 0) is 0 Å². The molecule has 2 heterocycles. The lowest BCUT2D eigenvalue weighted by Gasteiger charge is -2.34. The topological polar surface area (TPSA) is 44.8 Å². The van der Waals surface area contributed by atoms with E-state index < -0.39 is 0 Å². The smallest absolute Gasteiger partial charge is 0.176 e. The summed E-state index contributed by atoms with van der Waals surface area (Å²) in [6.07, 6.45) is 3.77. The summed E-state index contributed by atoms with van der Waals surface area (Å²) >= 11 is 0. The van der Waals surface area contributed by atoms with E-state index in [4.69, 9.17) is 14.2 Å². The van der Waals surface area contributed by atoms with Crippen LogP contribution >= 0.6 is 0 Å².